The van der Waals surface area contributed by atoms with Gasteiger partial charge in [0.2, 0.25) is 0 Å². The van der Waals surface area contributed by atoms with Gasteiger partial charge in [0.05, 0.1) is 23.7 Å². The second kappa shape index (κ2) is 9.33. The van der Waals surface area contributed by atoms with Crippen molar-refractivity contribution in [2.45, 2.75) is 26.8 Å². The van der Waals surface area contributed by atoms with Crippen molar-refractivity contribution in [3.63, 3.8) is 0 Å². The molecular weight excluding hydrogens is 440 g/mol. The predicted octanol–water partition coefficient (Wildman–Crippen LogP) is 4.53. The molecule has 0 saturated heterocycles. The number of benzene rings is 2. The first-order valence-electron chi connectivity index (χ1n) is 10.5. The normalized spacial score (nSPS) is 11.0. The van der Waals surface area contributed by atoms with Crippen LogP contribution in [0.1, 0.15) is 47.0 Å². The largest absolute Gasteiger partial charge is 0.462 e. The highest BCUT2D eigenvalue weighted by atomic mass is 32.1. The zero-order valence-electron chi connectivity index (χ0n) is 18.4. The monoisotopic (exact) mass is 462 g/mol. The number of nitrogens with one attached hydrogen (secondary N) is 1. The van der Waals surface area contributed by atoms with Gasteiger partial charge in [-0.05, 0) is 26.8 Å². The first kappa shape index (κ1) is 22.3. The number of esters is 1. The molecule has 0 fully saturated rings. The Kier molecular flexibility index (Phi) is 6.32. The highest BCUT2D eigenvalue weighted by Gasteiger charge is 2.23. The third-order valence-electron chi connectivity index (χ3n) is 4.89. The summed E-state index contributed by atoms with van der Waals surface area (Å²) in [5.74, 6) is -1.03. The van der Waals surface area contributed by atoms with Crippen molar-refractivity contribution in [2.24, 2.45) is 0 Å². The Balaban J connectivity index is 1.77. The van der Waals surface area contributed by atoms with Crippen molar-refractivity contribution >= 4 is 39.1 Å². The van der Waals surface area contributed by atoms with Crippen molar-refractivity contribution < 1.29 is 14.3 Å². The fraction of sp³-hybridized carbons (Fsp3) is 0.208. The minimum atomic E-state index is -0.524. The van der Waals surface area contributed by atoms with E-state index in [1.165, 1.54) is 4.68 Å². The first-order chi connectivity index (χ1) is 15.9. The van der Waals surface area contributed by atoms with Crippen molar-refractivity contribution in [1.29, 1.82) is 0 Å². The van der Waals surface area contributed by atoms with Crippen LogP contribution < -0.4 is 10.9 Å². The smallest absolute Gasteiger partial charge is 0.350 e. The molecule has 1 N–H and O–H groups in total. The lowest BCUT2D eigenvalue weighted by atomic mass is 10.1. The molecular formula is C24H22N4O4S. The summed E-state index contributed by atoms with van der Waals surface area (Å²) in [6.07, 6.45) is 0. The molecule has 33 heavy (non-hydrogen) atoms. The molecule has 0 aliphatic carbocycles. The zero-order chi connectivity index (χ0) is 23.5. The molecule has 0 radical (unpaired) electrons. The highest BCUT2D eigenvalue weighted by molar-refractivity contribution is 7.18. The van der Waals surface area contributed by atoms with Gasteiger partial charge in [-0.3, -0.25) is 14.9 Å². The molecule has 0 spiro atoms. The number of hydrogen-bond donors (Lipinski definition) is 1. The average Bonchev–Trinajstić information content (AvgIpc) is 3.24. The van der Waals surface area contributed by atoms with Crippen LogP contribution in [0, 0.1) is 0 Å². The van der Waals surface area contributed by atoms with E-state index in [1.54, 1.807) is 31.2 Å². The SMILES string of the molecule is CCOC(=O)c1sc(NC(=O)c2nn(C(C)C)c(=O)c3ccccc23)nc1-c1ccccc1. The number of thiazole rings is 1. The van der Waals surface area contributed by atoms with Crippen LogP contribution in [-0.2, 0) is 4.74 Å². The Morgan fingerprint density at radius 2 is 1.73 bits per heavy atom. The van der Waals surface area contributed by atoms with Crippen LogP contribution in [0.2, 0.25) is 0 Å². The quantitative estimate of drug-likeness (QED) is 0.422. The zero-order valence-corrected chi connectivity index (χ0v) is 19.2. The number of fused-ring (bicyclic) bond motifs is 1. The molecule has 0 saturated carbocycles. The second-order valence-corrected chi connectivity index (χ2v) is 8.47. The molecule has 0 bridgehead atoms. The van der Waals surface area contributed by atoms with E-state index in [0.717, 1.165) is 16.9 Å². The van der Waals surface area contributed by atoms with Gasteiger partial charge in [0, 0.05) is 10.9 Å². The Bertz CT molecular complexity index is 1390. The molecule has 2 heterocycles. The molecule has 2 aromatic heterocycles. The minimum absolute atomic E-state index is 0.105. The predicted molar refractivity (Wildman–Crippen MR) is 128 cm³/mol. The maximum absolute atomic E-state index is 13.2. The number of anilines is 1. The molecule has 2 aromatic carbocycles. The van der Waals surface area contributed by atoms with Crippen molar-refractivity contribution in [2.75, 3.05) is 11.9 Å². The standard InChI is InChI=1S/C24H22N4O4S/c1-4-32-23(31)20-18(15-10-6-5-7-11-15)25-24(33-20)26-21(29)19-16-12-8-9-13-17(16)22(30)28(27-19)14(2)3/h5-14H,4H2,1-3H3,(H,25,26,29). The van der Waals surface area contributed by atoms with Crippen molar-refractivity contribution in [3.8, 4) is 11.3 Å². The number of amides is 1. The summed E-state index contributed by atoms with van der Waals surface area (Å²) >= 11 is 1.03. The summed E-state index contributed by atoms with van der Waals surface area (Å²) in [5.41, 5.74) is 1.00. The lowest BCUT2D eigenvalue weighted by Gasteiger charge is -2.12. The van der Waals surface area contributed by atoms with Gasteiger partial charge < -0.3 is 4.74 Å². The van der Waals surface area contributed by atoms with Crippen molar-refractivity contribution in [3.05, 3.63) is 75.5 Å². The van der Waals surface area contributed by atoms with Crippen LogP contribution in [0.25, 0.3) is 22.0 Å². The summed E-state index contributed by atoms with van der Waals surface area (Å²) in [7, 11) is 0. The summed E-state index contributed by atoms with van der Waals surface area (Å²) < 4.78 is 6.46. The molecule has 4 aromatic rings. The summed E-state index contributed by atoms with van der Waals surface area (Å²) in [4.78, 5) is 43.3. The molecule has 0 unspecified atom stereocenters. The molecule has 0 aliphatic rings. The van der Waals surface area contributed by atoms with Gasteiger partial charge in [0.25, 0.3) is 11.5 Å². The van der Waals surface area contributed by atoms with E-state index >= 15 is 0 Å². The fourth-order valence-corrected chi connectivity index (χ4v) is 4.26. The number of rotatable bonds is 6. The highest BCUT2D eigenvalue weighted by Crippen LogP contribution is 2.32. The van der Waals surface area contributed by atoms with Gasteiger partial charge in [-0.2, -0.15) is 5.10 Å². The molecule has 4 rings (SSSR count). The van der Waals surface area contributed by atoms with E-state index in [1.807, 2.05) is 44.2 Å². The lowest BCUT2D eigenvalue weighted by molar-refractivity contribution is 0.0532. The Morgan fingerprint density at radius 1 is 1.06 bits per heavy atom. The summed E-state index contributed by atoms with van der Waals surface area (Å²) in [6, 6.07) is 15.8. The maximum atomic E-state index is 13.2. The van der Waals surface area contributed by atoms with Crippen LogP contribution in [0.15, 0.2) is 59.4 Å². The third-order valence-corrected chi connectivity index (χ3v) is 5.84. The Hall–Kier alpha value is -3.85. The third kappa shape index (κ3) is 4.40. The summed E-state index contributed by atoms with van der Waals surface area (Å²) in [5, 5.41) is 8.16. The van der Waals surface area contributed by atoms with Crippen LogP contribution >= 0.6 is 11.3 Å². The number of nitrogens with zero attached hydrogens (tertiary/aromatic N) is 3. The topological polar surface area (TPSA) is 103 Å². The van der Waals surface area contributed by atoms with Gasteiger partial charge in [-0.1, -0.05) is 59.9 Å². The Labute approximate surface area is 193 Å². The number of ether oxygens (including phenoxy) is 1. The van der Waals surface area contributed by atoms with E-state index in [-0.39, 0.29) is 29.0 Å². The molecule has 0 aliphatic heterocycles. The molecule has 9 heteroatoms. The van der Waals surface area contributed by atoms with Gasteiger partial charge in [0.15, 0.2) is 10.8 Å². The van der Waals surface area contributed by atoms with Crippen LogP contribution in [0.5, 0.6) is 0 Å². The fourth-order valence-electron chi connectivity index (χ4n) is 3.38. The van der Waals surface area contributed by atoms with Crippen LogP contribution in [0.3, 0.4) is 0 Å². The number of aromatic nitrogens is 3. The van der Waals surface area contributed by atoms with E-state index in [2.05, 4.69) is 15.4 Å². The molecule has 1 amide bonds. The van der Waals surface area contributed by atoms with Gasteiger partial charge in [0.1, 0.15) is 4.88 Å². The van der Waals surface area contributed by atoms with Crippen LogP contribution in [-0.4, -0.2) is 33.2 Å². The lowest BCUT2D eigenvalue weighted by Crippen LogP contribution is -2.28. The summed E-state index contributed by atoms with van der Waals surface area (Å²) in [6.45, 7) is 5.59. The number of carbonyl (C=O) groups is 2. The van der Waals surface area contributed by atoms with E-state index in [0.29, 0.717) is 21.3 Å². The van der Waals surface area contributed by atoms with E-state index < -0.39 is 11.9 Å². The molecule has 168 valence electrons. The van der Waals surface area contributed by atoms with Gasteiger partial charge >= 0.3 is 5.97 Å². The molecule has 0 atom stereocenters. The Morgan fingerprint density at radius 3 is 2.39 bits per heavy atom. The maximum Gasteiger partial charge on any atom is 0.350 e. The average molecular weight is 463 g/mol. The van der Waals surface area contributed by atoms with E-state index in [4.69, 9.17) is 4.74 Å². The number of hydrogen-bond acceptors (Lipinski definition) is 7. The first-order valence-corrected chi connectivity index (χ1v) is 11.3. The molecule has 8 nitrogen and oxygen atoms in total. The number of carbonyl (C=O) groups excluding carboxylic acids is 2. The second-order valence-electron chi connectivity index (χ2n) is 7.48. The minimum Gasteiger partial charge on any atom is -0.462 e. The van der Waals surface area contributed by atoms with Gasteiger partial charge in [-0.15, -0.1) is 0 Å². The van der Waals surface area contributed by atoms with Gasteiger partial charge in [-0.25, -0.2) is 14.5 Å². The van der Waals surface area contributed by atoms with Crippen LogP contribution in [0.4, 0.5) is 5.13 Å². The van der Waals surface area contributed by atoms with E-state index in [9.17, 15) is 14.4 Å². The van der Waals surface area contributed by atoms with Crippen molar-refractivity contribution in [1.82, 2.24) is 14.8 Å².